The van der Waals surface area contributed by atoms with Crippen LogP contribution in [-0.2, 0) is 4.74 Å². The molecule has 1 aliphatic heterocycles. The van der Waals surface area contributed by atoms with Crippen molar-refractivity contribution in [1.82, 2.24) is 5.32 Å². The van der Waals surface area contributed by atoms with Crippen LogP contribution in [0.1, 0.15) is 39.0 Å². The first-order chi connectivity index (χ1) is 6.88. The molecule has 1 unspecified atom stereocenters. The van der Waals surface area contributed by atoms with Crippen LogP contribution in [0.25, 0.3) is 0 Å². The Labute approximate surface area is 86.7 Å². The van der Waals surface area contributed by atoms with Gasteiger partial charge in [0.2, 0.25) is 0 Å². The zero-order valence-corrected chi connectivity index (χ0v) is 9.09. The van der Waals surface area contributed by atoms with Gasteiger partial charge in [-0.25, -0.2) is 0 Å². The second kappa shape index (κ2) is 4.94. The molecule has 1 aliphatic carbocycles. The van der Waals surface area contributed by atoms with Crippen molar-refractivity contribution < 1.29 is 4.74 Å². The van der Waals surface area contributed by atoms with E-state index in [1.54, 1.807) is 0 Å². The van der Waals surface area contributed by atoms with Gasteiger partial charge in [-0.3, -0.25) is 0 Å². The summed E-state index contributed by atoms with van der Waals surface area (Å²) in [6, 6.07) is 0.814. The summed E-state index contributed by atoms with van der Waals surface area (Å²) in [5.74, 6) is 0. The van der Waals surface area contributed by atoms with E-state index in [0.717, 1.165) is 25.6 Å². The maximum Gasteiger partial charge on any atom is 0.0759 e. The molecule has 0 aromatic heterocycles. The molecule has 2 fully saturated rings. The summed E-state index contributed by atoms with van der Waals surface area (Å²) < 4.78 is 5.60. The van der Waals surface area contributed by atoms with Gasteiger partial charge in [0.1, 0.15) is 0 Å². The molecule has 0 radical (unpaired) electrons. The van der Waals surface area contributed by atoms with Crippen LogP contribution in [0, 0.1) is 0 Å². The molecule has 1 saturated carbocycles. The van der Waals surface area contributed by atoms with Crippen LogP contribution in [-0.4, -0.2) is 25.3 Å². The van der Waals surface area contributed by atoms with Gasteiger partial charge in [-0.2, -0.15) is 0 Å². The Bertz CT molecular complexity index is 202. The first-order valence-corrected chi connectivity index (χ1v) is 5.93. The Hall–Kier alpha value is -0.340. The van der Waals surface area contributed by atoms with E-state index in [1.807, 2.05) is 0 Å². The third-order valence-corrected chi connectivity index (χ3v) is 3.04. The number of hydrogen-bond acceptors (Lipinski definition) is 2. The third kappa shape index (κ3) is 3.10. The average Bonchev–Trinajstić information content (AvgIpc) is 2.90. The quantitative estimate of drug-likeness (QED) is 0.679. The van der Waals surface area contributed by atoms with Crippen molar-refractivity contribution in [3.8, 4) is 0 Å². The molecule has 2 aliphatic rings. The molecule has 0 aromatic carbocycles. The van der Waals surface area contributed by atoms with Crippen LogP contribution in [0.15, 0.2) is 11.6 Å². The molecule has 0 bridgehead atoms. The fourth-order valence-electron chi connectivity index (χ4n) is 1.86. The van der Waals surface area contributed by atoms with Gasteiger partial charge < -0.3 is 10.1 Å². The Morgan fingerprint density at radius 1 is 1.43 bits per heavy atom. The lowest BCUT2D eigenvalue weighted by Gasteiger charge is -2.09. The molecule has 1 atom stereocenters. The minimum absolute atomic E-state index is 0.408. The summed E-state index contributed by atoms with van der Waals surface area (Å²) in [7, 11) is 0. The summed E-state index contributed by atoms with van der Waals surface area (Å²) in [6.45, 7) is 4.25. The van der Waals surface area contributed by atoms with Crippen LogP contribution < -0.4 is 5.32 Å². The third-order valence-electron chi connectivity index (χ3n) is 3.04. The topological polar surface area (TPSA) is 21.3 Å². The van der Waals surface area contributed by atoms with Gasteiger partial charge in [0.25, 0.3) is 0 Å². The van der Waals surface area contributed by atoms with Gasteiger partial charge in [0.15, 0.2) is 0 Å². The average molecular weight is 195 g/mol. The predicted octanol–water partition coefficient (Wildman–Crippen LogP) is 2.25. The zero-order chi connectivity index (χ0) is 9.80. The highest BCUT2D eigenvalue weighted by Gasteiger charge is 2.20. The predicted molar refractivity (Wildman–Crippen MR) is 58.4 cm³/mol. The van der Waals surface area contributed by atoms with E-state index in [4.69, 9.17) is 4.74 Å². The Morgan fingerprint density at radius 3 is 2.86 bits per heavy atom. The van der Waals surface area contributed by atoms with Crippen molar-refractivity contribution in [3.63, 3.8) is 0 Å². The molecule has 1 saturated heterocycles. The summed E-state index contributed by atoms with van der Waals surface area (Å²) in [5.41, 5.74) is 1.52. The fourth-order valence-corrected chi connectivity index (χ4v) is 1.86. The molecule has 2 nitrogen and oxygen atoms in total. The minimum atomic E-state index is 0.408. The maximum absolute atomic E-state index is 5.60. The highest BCUT2D eigenvalue weighted by Crippen LogP contribution is 2.20. The largest absolute Gasteiger partial charge is 0.374 e. The van der Waals surface area contributed by atoms with Crippen molar-refractivity contribution in [2.24, 2.45) is 0 Å². The molecule has 80 valence electrons. The van der Waals surface area contributed by atoms with Gasteiger partial charge >= 0.3 is 0 Å². The van der Waals surface area contributed by atoms with Crippen LogP contribution in [0.2, 0.25) is 0 Å². The van der Waals surface area contributed by atoms with Gasteiger partial charge in [-0.15, -0.1) is 0 Å². The number of rotatable bonds is 5. The summed E-state index contributed by atoms with van der Waals surface area (Å²) in [6.07, 6.45) is 9.09. The lowest BCUT2D eigenvalue weighted by Crippen LogP contribution is -2.20. The lowest BCUT2D eigenvalue weighted by atomic mass is 10.1. The zero-order valence-electron chi connectivity index (χ0n) is 9.09. The maximum atomic E-state index is 5.60. The van der Waals surface area contributed by atoms with E-state index in [9.17, 15) is 0 Å². The van der Waals surface area contributed by atoms with Crippen LogP contribution in [0.4, 0.5) is 0 Å². The molecule has 0 amide bonds. The normalized spacial score (nSPS) is 28.4. The molecular formula is C12H21NO. The van der Waals surface area contributed by atoms with Gasteiger partial charge in [-0.1, -0.05) is 18.6 Å². The van der Waals surface area contributed by atoms with E-state index in [0.29, 0.717) is 6.10 Å². The number of ether oxygens (including phenoxy) is 1. The molecular weight excluding hydrogens is 174 g/mol. The highest BCUT2D eigenvalue weighted by molar-refractivity contribution is 5.08. The standard InChI is InChI=1S/C12H21NO/c1-2-10(9-13-11-5-6-11)8-12-4-3-7-14-12/h8,11-13H,2-7,9H2,1H3/b10-8+. The Balaban J connectivity index is 1.76. The molecule has 1 N–H and O–H groups in total. The Morgan fingerprint density at radius 2 is 2.29 bits per heavy atom. The number of nitrogens with one attached hydrogen (secondary N) is 1. The SMILES string of the molecule is CC/C(=C\C1CCCO1)CNC1CC1. The molecule has 1 heterocycles. The monoisotopic (exact) mass is 195 g/mol. The van der Waals surface area contributed by atoms with Crippen LogP contribution >= 0.6 is 0 Å². The highest BCUT2D eigenvalue weighted by atomic mass is 16.5. The molecule has 0 aromatic rings. The van der Waals surface area contributed by atoms with Gasteiger partial charge in [0.05, 0.1) is 6.10 Å². The second-order valence-electron chi connectivity index (χ2n) is 4.39. The Kier molecular flexibility index (Phi) is 3.60. The van der Waals surface area contributed by atoms with Crippen molar-refractivity contribution in [2.45, 2.75) is 51.2 Å². The van der Waals surface area contributed by atoms with E-state index >= 15 is 0 Å². The molecule has 14 heavy (non-hydrogen) atoms. The van der Waals surface area contributed by atoms with Crippen molar-refractivity contribution >= 4 is 0 Å². The van der Waals surface area contributed by atoms with Gasteiger partial charge in [-0.05, 0) is 32.1 Å². The molecule has 0 spiro atoms. The lowest BCUT2D eigenvalue weighted by molar-refractivity contribution is 0.145. The smallest absolute Gasteiger partial charge is 0.0759 e. The molecule has 2 heteroatoms. The van der Waals surface area contributed by atoms with Crippen LogP contribution in [0.3, 0.4) is 0 Å². The van der Waals surface area contributed by atoms with Crippen molar-refractivity contribution in [1.29, 1.82) is 0 Å². The summed E-state index contributed by atoms with van der Waals surface area (Å²) in [4.78, 5) is 0. The van der Waals surface area contributed by atoms with Crippen molar-refractivity contribution in [2.75, 3.05) is 13.2 Å². The summed E-state index contributed by atoms with van der Waals surface area (Å²) in [5, 5.41) is 3.56. The summed E-state index contributed by atoms with van der Waals surface area (Å²) >= 11 is 0. The van der Waals surface area contributed by atoms with E-state index in [2.05, 4.69) is 18.3 Å². The fraction of sp³-hybridized carbons (Fsp3) is 0.833. The minimum Gasteiger partial charge on any atom is -0.374 e. The first kappa shape index (κ1) is 10.2. The van der Waals surface area contributed by atoms with E-state index in [1.165, 1.54) is 31.3 Å². The number of hydrogen-bond donors (Lipinski definition) is 1. The van der Waals surface area contributed by atoms with E-state index in [-0.39, 0.29) is 0 Å². The van der Waals surface area contributed by atoms with Gasteiger partial charge in [0, 0.05) is 19.2 Å². The first-order valence-electron chi connectivity index (χ1n) is 5.93. The van der Waals surface area contributed by atoms with Crippen molar-refractivity contribution in [3.05, 3.63) is 11.6 Å². The van der Waals surface area contributed by atoms with E-state index < -0.39 is 0 Å². The second-order valence-corrected chi connectivity index (χ2v) is 4.39. The van der Waals surface area contributed by atoms with Crippen LogP contribution in [0.5, 0.6) is 0 Å². The molecule has 2 rings (SSSR count).